The van der Waals surface area contributed by atoms with Gasteiger partial charge < -0.3 is 20.3 Å². The van der Waals surface area contributed by atoms with Crippen molar-refractivity contribution in [3.8, 4) is 5.75 Å². The quantitative estimate of drug-likeness (QED) is 0.646. The molecule has 1 aliphatic rings. The highest BCUT2D eigenvalue weighted by molar-refractivity contribution is 6.00. The maximum absolute atomic E-state index is 7.75. The van der Waals surface area contributed by atoms with Gasteiger partial charge in [-0.3, -0.25) is 5.41 Å². The molecule has 1 aromatic rings. The highest BCUT2D eigenvalue weighted by Crippen LogP contribution is 2.28. The molecule has 0 aliphatic carbocycles. The van der Waals surface area contributed by atoms with Crippen LogP contribution in [0.1, 0.15) is 18.4 Å². The number of nitrogen functional groups attached to an aromatic ring is 1. The molecule has 0 saturated carbocycles. The van der Waals surface area contributed by atoms with Crippen LogP contribution in [0.15, 0.2) is 18.2 Å². The molecule has 1 aliphatic heterocycles. The van der Waals surface area contributed by atoms with Gasteiger partial charge in [0.15, 0.2) is 0 Å². The molecule has 1 heterocycles. The van der Waals surface area contributed by atoms with E-state index in [4.69, 9.17) is 15.9 Å². The standard InChI is InChI=1S/C15H24N4O/c1-18-8-4-5-11(10-18)19(2)14-9-12(20-3)6-7-13(14)15(16)17/h6-7,9,11H,4-5,8,10H2,1-3H3,(H3,16,17). The second-order valence-electron chi connectivity index (χ2n) is 5.47. The van der Waals surface area contributed by atoms with E-state index < -0.39 is 0 Å². The summed E-state index contributed by atoms with van der Waals surface area (Å²) in [5, 5.41) is 7.75. The van der Waals surface area contributed by atoms with Crippen molar-refractivity contribution in [3.05, 3.63) is 23.8 Å². The van der Waals surface area contributed by atoms with Crippen molar-refractivity contribution in [1.82, 2.24) is 4.90 Å². The highest BCUT2D eigenvalue weighted by Gasteiger charge is 2.23. The molecule has 0 bridgehead atoms. The zero-order valence-corrected chi connectivity index (χ0v) is 12.5. The van der Waals surface area contributed by atoms with Gasteiger partial charge in [-0.05, 0) is 38.6 Å². The highest BCUT2D eigenvalue weighted by atomic mass is 16.5. The lowest BCUT2D eigenvalue weighted by Gasteiger charge is -2.38. The first-order valence-electron chi connectivity index (χ1n) is 6.96. The number of hydrogen-bond donors (Lipinski definition) is 2. The molecule has 20 heavy (non-hydrogen) atoms. The van der Waals surface area contributed by atoms with Crippen LogP contribution in [0.4, 0.5) is 5.69 Å². The summed E-state index contributed by atoms with van der Waals surface area (Å²) >= 11 is 0. The molecule has 5 heteroatoms. The Morgan fingerprint density at radius 2 is 2.25 bits per heavy atom. The van der Waals surface area contributed by atoms with Crippen LogP contribution in [0, 0.1) is 5.41 Å². The van der Waals surface area contributed by atoms with Crippen LogP contribution in [0.2, 0.25) is 0 Å². The lowest BCUT2D eigenvalue weighted by Crippen LogP contribution is -2.45. The van der Waals surface area contributed by atoms with Crippen LogP contribution < -0.4 is 15.4 Å². The Labute approximate surface area is 120 Å². The summed E-state index contributed by atoms with van der Waals surface area (Å²) in [4.78, 5) is 4.58. The summed E-state index contributed by atoms with van der Waals surface area (Å²) in [5.74, 6) is 0.889. The van der Waals surface area contributed by atoms with Crippen LogP contribution in [0.25, 0.3) is 0 Å². The maximum atomic E-state index is 7.75. The van der Waals surface area contributed by atoms with E-state index in [1.54, 1.807) is 7.11 Å². The molecule has 0 aromatic heterocycles. The van der Waals surface area contributed by atoms with Gasteiger partial charge in [0.25, 0.3) is 0 Å². The number of benzene rings is 1. The molecule has 3 N–H and O–H groups in total. The minimum Gasteiger partial charge on any atom is -0.497 e. The number of piperidine rings is 1. The molecule has 2 rings (SSSR count). The minimum absolute atomic E-state index is 0.0960. The predicted octanol–water partition coefficient (Wildman–Crippen LogP) is 1.51. The number of rotatable bonds is 4. The average Bonchev–Trinajstić information content (AvgIpc) is 2.45. The first-order valence-corrected chi connectivity index (χ1v) is 6.96. The van der Waals surface area contributed by atoms with Gasteiger partial charge in [0, 0.05) is 31.3 Å². The summed E-state index contributed by atoms with van der Waals surface area (Å²) in [6, 6.07) is 6.12. The van der Waals surface area contributed by atoms with Crippen molar-refractivity contribution in [1.29, 1.82) is 5.41 Å². The van der Waals surface area contributed by atoms with E-state index in [9.17, 15) is 0 Å². The summed E-state index contributed by atoms with van der Waals surface area (Å²) in [6.45, 7) is 2.19. The molecule has 1 saturated heterocycles. The van der Waals surface area contributed by atoms with E-state index in [0.717, 1.165) is 36.5 Å². The third-order valence-electron chi connectivity index (χ3n) is 4.02. The van der Waals surface area contributed by atoms with E-state index >= 15 is 0 Å². The monoisotopic (exact) mass is 276 g/mol. The van der Waals surface area contributed by atoms with Crippen molar-refractivity contribution < 1.29 is 4.74 Å². The van der Waals surface area contributed by atoms with Crippen molar-refractivity contribution in [2.24, 2.45) is 5.73 Å². The summed E-state index contributed by atoms with van der Waals surface area (Å²) < 4.78 is 5.30. The van der Waals surface area contributed by atoms with E-state index in [-0.39, 0.29) is 5.84 Å². The molecule has 1 atom stereocenters. The topological polar surface area (TPSA) is 65.6 Å². The third kappa shape index (κ3) is 3.04. The second-order valence-corrected chi connectivity index (χ2v) is 5.47. The van der Waals surface area contributed by atoms with E-state index in [0.29, 0.717) is 6.04 Å². The van der Waals surface area contributed by atoms with E-state index in [1.807, 2.05) is 18.2 Å². The van der Waals surface area contributed by atoms with Crippen LogP contribution in [-0.4, -0.2) is 51.1 Å². The maximum Gasteiger partial charge on any atom is 0.124 e. The van der Waals surface area contributed by atoms with Gasteiger partial charge in [0.05, 0.1) is 12.8 Å². The number of nitrogens with zero attached hydrogens (tertiary/aromatic N) is 2. The molecule has 0 amide bonds. The molecular formula is C15H24N4O. The van der Waals surface area contributed by atoms with Crippen molar-refractivity contribution in [2.75, 3.05) is 39.2 Å². The van der Waals surface area contributed by atoms with E-state index in [2.05, 4.69) is 23.9 Å². The summed E-state index contributed by atoms with van der Waals surface area (Å²) in [5.41, 5.74) is 7.44. The van der Waals surface area contributed by atoms with Crippen LogP contribution in [-0.2, 0) is 0 Å². The van der Waals surface area contributed by atoms with Gasteiger partial charge in [-0.2, -0.15) is 0 Å². The Morgan fingerprint density at radius 1 is 1.50 bits per heavy atom. The molecule has 1 fully saturated rings. The Kier molecular flexibility index (Phi) is 4.49. The van der Waals surface area contributed by atoms with Crippen LogP contribution in [0.3, 0.4) is 0 Å². The Morgan fingerprint density at radius 3 is 2.85 bits per heavy atom. The first-order chi connectivity index (χ1) is 9.52. The van der Waals surface area contributed by atoms with Gasteiger partial charge >= 0.3 is 0 Å². The molecular weight excluding hydrogens is 252 g/mol. The van der Waals surface area contributed by atoms with Gasteiger partial charge in [-0.15, -0.1) is 0 Å². The minimum atomic E-state index is 0.0960. The van der Waals surface area contributed by atoms with Gasteiger partial charge in [0.2, 0.25) is 0 Å². The fourth-order valence-corrected chi connectivity index (χ4v) is 2.81. The molecule has 1 aromatic carbocycles. The number of likely N-dealkylation sites (tertiary alicyclic amines) is 1. The molecule has 110 valence electrons. The first kappa shape index (κ1) is 14.7. The number of anilines is 1. The predicted molar refractivity (Wildman–Crippen MR) is 82.9 cm³/mol. The lowest BCUT2D eigenvalue weighted by atomic mass is 10.0. The fraction of sp³-hybridized carbons (Fsp3) is 0.533. The average molecular weight is 276 g/mol. The molecule has 0 radical (unpaired) electrons. The number of nitrogens with one attached hydrogen (secondary N) is 1. The zero-order valence-electron chi connectivity index (χ0n) is 12.5. The lowest BCUT2D eigenvalue weighted by molar-refractivity contribution is 0.248. The smallest absolute Gasteiger partial charge is 0.124 e. The van der Waals surface area contributed by atoms with E-state index in [1.165, 1.54) is 6.42 Å². The summed E-state index contributed by atoms with van der Waals surface area (Å²) in [7, 11) is 5.88. The zero-order chi connectivity index (χ0) is 14.7. The number of methoxy groups -OCH3 is 1. The molecule has 1 unspecified atom stereocenters. The summed E-state index contributed by atoms with van der Waals surface area (Å²) in [6.07, 6.45) is 2.36. The van der Waals surface area contributed by atoms with Crippen LogP contribution in [0.5, 0.6) is 5.75 Å². The van der Waals surface area contributed by atoms with Crippen LogP contribution >= 0.6 is 0 Å². The van der Waals surface area contributed by atoms with Gasteiger partial charge in [-0.1, -0.05) is 0 Å². The Bertz CT molecular complexity index is 489. The number of nitrogens with two attached hydrogens (primary N) is 1. The number of hydrogen-bond acceptors (Lipinski definition) is 4. The largest absolute Gasteiger partial charge is 0.497 e. The number of ether oxygens (including phenoxy) is 1. The molecule has 0 spiro atoms. The van der Waals surface area contributed by atoms with Crippen molar-refractivity contribution >= 4 is 11.5 Å². The Balaban J connectivity index is 2.31. The number of likely N-dealkylation sites (N-methyl/N-ethyl adjacent to an activating group) is 2. The van der Waals surface area contributed by atoms with Gasteiger partial charge in [-0.25, -0.2) is 0 Å². The second kappa shape index (κ2) is 6.13. The normalized spacial score (nSPS) is 19.6. The van der Waals surface area contributed by atoms with Crippen molar-refractivity contribution in [3.63, 3.8) is 0 Å². The third-order valence-corrected chi connectivity index (χ3v) is 4.02. The fourth-order valence-electron chi connectivity index (χ4n) is 2.81. The SMILES string of the molecule is COc1ccc(C(=N)N)c(N(C)C2CCCN(C)C2)c1. The number of amidine groups is 1. The van der Waals surface area contributed by atoms with Gasteiger partial charge in [0.1, 0.15) is 11.6 Å². The van der Waals surface area contributed by atoms with Crippen molar-refractivity contribution in [2.45, 2.75) is 18.9 Å². The Hall–Kier alpha value is -1.75. The molecule has 5 nitrogen and oxygen atoms in total.